The maximum absolute atomic E-state index is 5.81. The van der Waals surface area contributed by atoms with Gasteiger partial charge in [-0.1, -0.05) is 30.3 Å². The number of fused-ring (bicyclic) bond motifs is 1. The fourth-order valence-corrected chi connectivity index (χ4v) is 3.67. The van der Waals surface area contributed by atoms with Gasteiger partial charge in [0.15, 0.2) is 11.8 Å². The molecule has 0 spiro atoms. The van der Waals surface area contributed by atoms with E-state index in [4.69, 9.17) is 14.5 Å². The van der Waals surface area contributed by atoms with Gasteiger partial charge in [0.1, 0.15) is 23.9 Å². The number of aromatic nitrogens is 3. The number of nitrogens with zero attached hydrogens (tertiary/aromatic N) is 4. The predicted molar refractivity (Wildman–Crippen MR) is 139 cm³/mol. The lowest BCUT2D eigenvalue weighted by molar-refractivity contribution is 0.261. The fourth-order valence-electron chi connectivity index (χ4n) is 3.67. The standard InChI is InChI=1S/C24H30N6O2.HI/c1-17-28-29-23(30(17)2)16-26-24(25-14-12-18-8-10-19(31-3)11-9-18)27-21-13-15-32-22-7-5-4-6-20(21)22;/h4-11,21H,12-16H2,1-3H3,(H2,25,26,27);1H. The van der Waals surface area contributed by atoms with Crippen molar-refractivity contribution >= 4 is 29.9 Å². The molecule has 8 nitrogen and oxygen atoms in total. The Morgan fingerprint density at radius 3 is 2.70 bits per heavy atom. The molecule has 1 aliphatic rings. The summed E-state index contributed by atoms with van der Waals surface area (Å²) in [5, 5.41) is 15.4. The first-order valence-corrected chi connectivity index (χ1v) is 10.9. The van der Waals surface area contributed by atoms with Crippen LogP contribution >= 0.6 is 24.0 Å². The van der Waals surface area contributed by atoms with Crippen molar-refractivity contribution in [3.8, 4) is 11.5 Å². The number of aryl methyl sites for hydroxylation is 1. The third-order valence-electron chi connectivity index (χ3n) is 5.70. The molecule has 2 heterocycles. The van der Waals surface area contributed by atoms with Gasteiger partial charge < -0.3 is 24.7 Å². The van der Waals surface area contributed by atoms with Crippen molar-refractivity contribution in [3.63, 3.8) is 0 Å². The normalized spacial score (nSPS) is 15.1. The molecule has 9 heteroatoms. The second-order valence-corrected chi connectivity index (χ2v) is 7.78. The number of hydrogen-bond acceptors (Lipinski definition) is 5. The van der Waals surface area contributed by atoms with Crippen molar-refractivity contribution < 1.29 is 9.47 Å². The third-order valence-corrected chi connectivity index (χ3v) is 5.70. The minimum atomic E-state index is 0. The quantitative estimate of drug-likeness (QED) is 0.261. The van der Waals surface area contributed by atoms with Gasteiger partial charge in [-0.25, -0.2) is 4.99 Å². The molecular formula is C24H31IN6O2. The smallest absolute Gasteiger partial charge is 0.192 e. The van der Waals surface area contributed by atoms with Gasteiger partial charge in [0.2, 0.25) is 0 Å². The second-order valence-electron chi connectivity index (χ2n) is 7.78. The number of methoxy groups -OCH3 is 1. The van der Waals surface area contributed by atoms with Crippen LogP contribution in [0.2, 0.25) is 0 Å². The van der Waals surface area contributed by atoms with Crippen LogP contribution in [-0.2, 0) is 20.0 Å². The highest BCUT2D eigenvalue weighted by Gasteiger charge is 2.22. The summed E-state index contributed by atoms with van der Waals surface area (Å²) in [6.07, 6.45) is 1.75. The van der Waals surface area contributed by atoms with Crippen molar-refractivity contribution in [1.29, 1.82) is 0 Å². The van der Waals surface area contributed by atoms with Crippen molar-refractivity contribution in [3.05, 3.63) is 71.3 Å². The Bertz CT molecular complexity index is 1070. The number of nitrogens with one attached hydrogen (secondary N) is 2. The molecule has 176 valence electrons. The third kappa shape index (κ3) is 6.37. The van der Waals surface area contributed by atoms with Crippen molar-refractivity contribution in [2.24, 2.45) is 12.0 Å². The summed E-state index contributed by atoms with van der Waals surface area (Å²) in [5.74, 6) is 4.24. The van der Waals surface area contributed by atoms with Gasteiger partial charge in [0.05, 0.1) is 19.8 Å². The summed E-state index contributed by atoms with van der Waals surface area (Å²) in [4.78, 5) is 4.80. The van der Waals surface area contributed by atoms with E-state index in [1.54, 1.807) is 7.11 Å². The highest BCUT2D eigenvalue weighted by atomic mass is 127. The largest absolute Gasteiger partial charge is 0.497 e. The van der Waals surface area contributed by atoms with Crippen LogP contribution in [0.15, 0.2) is 53.5 Å². The Morgan fingerprint density at radius 1 is 1.18 bits per heavy atom. The molecule has 33 heavy (non-hydrogen) atoms. The topological polar surface area (TPSA) is 85.6 Å². The predicted octanol–water partition coefficient (Wildman–Crippen LogP) is 3.55. The number of ether oxygens (including phenoxy) is 2. The van der Waals surface area contributed by atoms with E-state index in [1.807, 2.05) is 48.9 Å². The van der Waals surface area contributed by atoms with Crippen LogP contribution in [0.3, 0.4) is 0 Å². The van der Waals surface area contributed by atoms with Gasteiger partial charge in [-0.2, -0.15) is 0 Å². The van der Waals surface area contributed by atoms with Crippen molar-refractivity contribution in [2.45, 2.75) is 32.4 Å². The maximum Gasteiger partial charge on any atom is 0.192 e. The van der Waals surface area contributed by atoms with Gasteiger partial charge >= 0.3 is 0 Å². The Kier molecular flexibility index (Phi) is 8.93. The van der Waals surface area contributed by atoms with E-state index in [2.05, 4.69) is 39.0 Å². The summed E-state index contributed by atoms with van der Waals surface area (Å²) in [6, 6.07) is 16.4. The first-order chi connectivity index (χ1) is 15.6. The van der Waals surface area contributed by atoms with Crippen LogP contribution in [0, 0.1) is 6.92 Å². The Hall–Kier alpha value is -2.82. The average molecular weight is 562 g/mol. The number of benzene rings is 2. The molecule has 1 aromatic heterocycles. The molecule has 1 unspecified atom stereocenters. The van der Waals surface area contributed by atoms with E-state index in [0.717, 1.165) is 54.1 Å². The summed E-state index contributed by atoms with van der Waals surface area (Å²) >= 11 is 0. The highest BCUT2D eigenvalue weighted by Crippen LogP contribution is 2.31. The lowest BCUT2D eigenvalue weighted by atomic mass is 10.0. The number of halogens is 1. The summed E-state index contributed by atoms with van der Waals surface area (Å²) in [7, 11) is 3.64. The average Bonchev–Trinajstić information content (AvgIpc) is 3.15. The van der Waals surface area contributed by atoms with Crippen LogP contribution in [-0.4, -0.2) is 41.0 Å². The highest BCUT2D eigenvalue weighted by molar-refractivity contribution is 14.0. The van der Waals surface area contributed by atoms with Gasteiger partial charge in [0.25, 0.3) is 0 Å². The Labute approximate surface area is 211 Å². The van der Waals surface area contributed by atoms with Crippen molar-refractivity contribution in [2.75, 3.05) is 20.3 Å². The lowest BCUT2D eigenvalue weighted by Gasteiger charge is -2.28. The molecule has 2 aromatic carbocycles. The first kappa shape index (κ1) is 24.8. The molecule has 2 N–H and O–H groups in total. The minimum absolute atomic E-state index is 0. The molecule has 4 rings (SSSR count). The maximum atomic E-state index is 5.81. The lowest BCUT2D eigenvalue weighted by Crippen LogP contribution is -2.42. The summed E-state index contributed by atoms with van der Waals surface area (Å²) < 4.78 is 13.0. The van der Waals surface area contributed by atoms with E-state index >= 15 is 0 Å². The van der Waals surface area contributed by atoms with Gasteiger partial charge in [-0.05, 0) is 37.1 Å². The molecule has 0 bridgehead atoms. The van der Waals surface area contributed by atoms with Crippen LogP contribution in [0.25, 0.3) is 0 Å². The monoisotopic (exact) mass is 562 g/mol. The molecule has 0 amide bonds. The molecule has 0 fully saturated rings. The number of aliphatic imine (C=N–C) groups is 1. The SMILES string of the molecule is COc1ccc(CCNC(=NCc2nnc(C)n2C)NC2CCOc3ccccc32)cc1.I. The number of hydrogen-bond donors (Lipinski definition) is 2. The Balaban J connectivity index is 0.00000306. The van der Waals surface area contributed by atoms with Crippen LogP contribution in [0.5, 0.6) is 11.5 Å². The zero-order chi connectivity index (χ0) is 22.3. The second kappa shape index (κ2) is 11.9. The molecule has 0 saturated carbocycles. The molecule has 3 aromatic rings. The minimum Gasteiger partial charge on any atom is -0.497 e. The van der Waals surface area contributed by atoms with Crippen molar-refractivity contribution in [1.82, 2.24) is 25.4 Å². The molecule has 0 radical (unpaired) electrons. The zero-order valence-corrected chi connectivity index (χ0v) is 21.6. The van der Waals surface area contributed by atoms with Crippen LogP contribution < -0.4 is 20.1 Å². The fraction of sp³-hybridized carbons (Fsp3) is 0.375. The number of para-hydroxylation sites is 1. The van der Waals surface area contributed by atoms with E-state index in [-0.39, 0.29) is 30.0 Å². The first-order valence-electron chi connectivity index (χ1n) is 10.9. The summed E-state index contributed by atoms with van der Waals surface area (Å²) in [5.41, 5.74) is 2.39. The number of guanidine groups is 1. The van der Waals surface area contributed by atoms with Gasteiger partial charge in [-0.3, -0.25) is 0 Å². The molecular weight excluding hydrogens is 531 g/mol. The van der Waals surface area contributed by atoms with E-state index in [1.165, 1.54) is 5.56 Å². The molecule has 0 saturated heterocycles. The molecule has 0 aliphatic carbocycles. The molecule has 1 atom stereocenters. The van der Waals surface area contributed by atoms with Crippen LogP contribution in [0.1, 0.15) is 35.2 Å². The summed E-state index contributed by atoms with van der Waals surface area (Å²) in [6.45, 7) is 3.81. The van der Waals surface area contributed by atoms with E-state index in [9.17, 15) is 0 Å². The number of rotatable bonds is 7. The zero-order valence-electron chi connectivity index (χ0n) is 19.2. The van der Waals surface area contributed by atoms with Crippen LogP contribution in [0.4, 0.5) is 0 Å². The van der Waals surface area contributed by atoms with Gasteiger partial charge in [-0.15, -0.1) is 34.2 Å². The Morgan fingerprint density at radius 2 is 1.97 bits per heavy atom. The van der Waals surface area contributed by atoms with Gasteiger partial charge in [0, 0.05) is 25.6 Å². The van der Waals surface area contributed by atoms with E-state index in [0.29, 0.717) is 13.2 Å². The van der Waals surface area contributed by atoms with E-state index < -0.39 is 0 Å². The molecule has 1 aliphatic heterocycles.